The van der Waals surface area contributed by atoms with Crippen LogP contribution in [-0.4, -0.2) is 20.3 Å². The predicted octanol–water partition coefficient (Wildman–Crippen LogP) is 2.54. The number of hydrogen-bond donors (Lipinski definition) is 1. The van der Waals surface area contributed by atoms with Gasteiger partial charge in [0.2, 0.25) is 0 Å². The molecule has 2 N–H and O–H groups in total. The van der Waals surface area contributed by atoms with E-state index < -0.39 is 0 Å². The van der Waals surface area contributed by atoms with Crippen molar-refractivity contribution in [1.29, 1.82) is 0 Å². The molecule has 96 valence electrons. The number of nitrogens with two attached hydrogens (primary N) is 1. The maximum atomic E-state index is 6.31. The lowest BCUT2D eigenvalue weighted by Crippen LogP contribution is -2.27. The molecular weight excluding hydrogens is 238 g/mol. The molecule has 17 heavy (non-hydrogen) atoms. The number of halogens is 1. The number of methoxy groups -OCH3 is 1. The minimum Gasteiger partial charge on any atom is -0.496 e. The first-order chi connectivity index (χ1) is 7.83. The molecule has 1 aromatic rings. The molecule has 0 bridgehead atoms. The number of benzene rings is 1. The van der Waals surface area contributed by atoms with E-state index in [9.17, 15) is 0 Å². The third-order valence-corrected chi connectivity index (χ3v) is 3.27. The number of para-hydroxylation sites is 1. The first-order valence-electron chi connectivity index (χ1n) is 5.79. The minimum absolute atomic E-state index is 0. The smallest absolute Gasteiger partial charge is 0.123 e. The number of rotatable bonds is 3. The van der Waals surface area contributed by atoms with Crippen LogP contribution in [0.4, 0.5) is 0 Å². The second-order valence-corrected chi connectivity index (χ2v) is 4.22. The minimum atomic E-state index is 0. The summed E-state index contributed by atoms with van der Waals surface area (Å²) >= 11 is 0. The largest absolute Gasteiger partial charge is 0.496 e. The molecule has 1 aliphatic heterocycles. The van der Waals surface area contributed by atoms with Crippen molar-refractivity contribution >= 4 is 12.4 Å². The molecule has 0 unspecified atom stereocenters. The van der Waals surface area contributed by atoms with Crippen LogP contribution in [-0.2, 0) is 4.74 Å². The van der Waals surface area contributed by atoms with E-state index in [1.165, 1.54) is 0 Å². The van der Waals surface area contributed by atoms with Gasteiger partial charge in [-0.1, -0.05) is 18.2 Å². The van der Waals surface area contributed by atoms with Crippen LogP contribution in [0.3, 0.4) is 0 Å². The molecule has 0 aromatic heterocycles. The van der Waals surface area contributed by atoms with E-state index in [0.29, 0.717) is 5.92 Å². The summed E-state index contributed by atoms with van der Waals surface area (Å²) < 4.78 is 10.7. The zero-order valence-corrected chi connectivity index (χ0v) is 10.9. The van der Waals surface area contributed by atoms with Gasteiger partial charge in [-0.05, 0) is 24.8 Å². The highest BCUT2D eigenvalue weighted by Gasteiger charge is 2.24. The Bertz CT molecular complexity index is 340. The first kappa shape index (κ1) is 14.3. The molecule has 1 heterocycles. The highest BCUT2D eigenvalue weighted by molar-refractivity contribution is 5.85. The van der Waals surface area contributed by atoms with Gasteiger partial charge >= 0.3 is 0 Å². The molecule has 0 radical (unpaired) electrons. The van der Waals surface area contributed by atoms with Crippen molar-refractivity contribution in [2.45, 2.75) is 18.9 Å². The van der Waals surface area contributed by atoms with Crippen molar-refractivity contribution < 1.29 is 9.47 Å². The molecule has 1 aliphatic rings. The normalized spacial score (nSPS) is 18.2. The van der Waals surface area contributed by atoms with Gasteiger partial charge in [0.05, 0.1) is 7.11 Å². The molecule has 1 atom stereocenters. The van der Waals surface area contributed by atoms with E-state index in [4.69, 9.17) is 15.2 Å². The van der Waals surface area contributed by atoms with Gasteiger partial charge in [-0.25, -0.2) is 0 Å². The molecule has 1 saturated heterocycles. The average molecular weight is 258 g/mol. The monoisotopic (exact) mass is 257 g/mol. The Hall–Kier alpha value is -0.770. The fraction of sp³-hybridized carbons (Fsp3) is 0.538. The molecular formula is C13H20ClNO2. The summed E-state index contributed by atoms with van der Waals surface area (Å²) in [5.74, 6) is 1.39. The lowest BCUT2D eigenvalue weighted by Gasteiger charge is -2.28. The van der Waals surface area contributed by atoms with E-state index in [-0.39, 0.29) is 18.4 Å². The van der Waals surface area contributed by atoms with Gasteiger partial charge in [0.15, 0.2) is 0 Å². The first-order valence-corrected chi connectivity index (χ1v) is 5.79. The van der Waals surface area contributed by atoms with Gasteiger partial charge < -0.3 is 15.2 Å². The fourth-order valence-electron chi connectivity index (χ4n) is 2.27. The summed E-state index contributed by atoms with van der Waals surface area (Å²) in [6, 6.07) is 8.06. The Morgan fingerprint density at radius 3 is 2.59 bits per heavy atom. The standard InChI is InChI=1S/C13H19NO2.ClH/c1-15-12-5-3-2-4-11(12)13(14)10-6-8-16-9-7-10;/h2-5,10,13H,6-9,14H2,1H3;1H/t13-;/m1./s1. The molecule has 0 saturated carbocycles. The summed E-state index contributed by atoms with van der Waals surface area (Å²) in [5, 5.41) is 0. The SMILES string of the molecule is COc1ccccc1[C@H](N)C1CCOCC1.Cl. The highest BCUT2D eigenvalue weighted by atomic mass is 35.5. The molecule has 0 amide bonds. The fourth-order valence-corrected chi connectivity index (χ4v) is 2.27. The van der Waals surface area contributed by atoms with Crippen LogP contribution in [0.25, 0.3) is 0 Å². The highest BCUT2D eigenvalue weighted by Crippen LogP contribution is 2.32. The Labute approximate surface area is 109 Å². The zero-order valence-electron chi connectivity index (χ0n) is 10.1. The van der Waals surface area contributed by atoms with Crippen molar-refractivity contribution in [1.82, 2.24) is 0 Å². The van der Waals surface area contributed by atoms with Crippen LogP contribution < -0.4 is 10.5 Å². The molecule has 1 aromatic carbocycles. The average Bonchev–Trinajstić information content (AvgIpc) is 2.39. The van der Waals surface area contributed by atoms with Crippen molar-refractivity contribution in [3.63, 3.8) is 0 Å². The Balaban J connectivity index is 0.00000144. The summed E-state index contributed by atoms with van der Waals surface area (Å²) in [4.78, 5) is 0. The van der Waals surface area contributed by atoms with Gasteiger partial charge in [0, 0.05) is 24.8 Å². The Morgan fingerprint density at radius 2 is 1.94 bits per heavy atom. The van der Waals surface area contributed by atoms with Gasteiger partial charge in [0.1, 0.15) is 5.75 Å². The van der Waals surface area contributed by atoms with Crippen LogP contribution in [0.2, 0.25) is 0 Å². The maximum Gasteiger partial charge on any atom is 0.123 e. The van der Waals surface area contributed by atoms with Crippen LogP contribution in [0.1, 0.15) is 24.4 Å². The summed E-state index contributed by atoms with van der Waals surface area (Å²) in [7, 11) is 1.69. The van der Waals surface area contributed by atoms with Crippen molar-refractivity contribution in [2.75, 3.05) is 20.3 Å². The van der Waals surface area contributed by atoms with Crippen LogP contribution in [0.5, 0.6) is 5.75 Å². The van der Waals surface area contributed by atoms with Gasteiger partial charge in [-0.2, -0.15) is 0 Å². The quantitative estimate of drug-likeness (QED) is 0.905. The maximum absolute atomic E-state index is 6.31. The predicted molar refractivity (Wildman–Crippen MR) is 70.7 cm³/mol. The van der Waals surface area contributed by atoms with Crippen LogP contribution in [0.15, 0.2) is 24.3 Å². The van der Waals surface area contributed by atoms with Gasteiger partial charge in [-0.3, -0.25) is 0 Å². The van der Waals surface area contributed by atoms with Crippen molar-refractivity contribution in [3.05, 3.63) is 29.8 Å². The van der Waals surface area contributed by atoms with E-state index in [2.05, 4.69) is 6.07 Å². The lowest BCUT2D eigenvalue weighted by molar-refractivity contribution is 0.0581. The Morgan fingerprint density at radius 1 is 1.29 bits per heavy atom. The number of hydrogen-bond acceptors (Lipinski definition) is 3. The molecule has 0 spiro atoms. The summed E-state index contributed by atoms with van der Waals surface area (Å²) in [6.07, 6.45) is 2.08. The summed E-state index contributed by atoms with van der Waals surface area (Å²) in [5.41, 5.74) is 7.42. The van der Waals surface area contributed by atoms with Crippen LogP contribution in [0, 0.1) is 5.92 Å². The van der Waals surface area contributed by atoms with Gasteiger partial charge in [0.25, 0.3) is 0 Å². The Kier molecular flexibility index (Phi) is 5.75. The van der Waals surface area contributed by atoms with Crippen LogP contribution >= 0.6 is 12.4 Å². The third-order valence-electron chi connectivity index (χ3n) is 3.27. The lowest BCUT2D eigenvalue weighted by atomic mass is 9.87. The molecule has 4 heteroatoms. The number of ether oxygens (including phenoxy) is 2. The topological polar surface area (TPSA) is 44.5 Å². The molecule has 2 rings (SSSR count). The molecule has 0 aliphatic carbocycles. The van der Waals surface area contributed by atoms with E-state index in [1.807, 2.05) is 18.2 Å². The zero-order chi connectivity index (χ0) is 11.4. The second-order valence-electron chi connectivity index (χ2n) is 4.22. The van der Waals surface area contributed by atoms with Crippen molar-refractivity contribution in [2.24, 2.45) is 11.7 Å². The van der Waals surface area contributed by atoms with Gasteiger partial charge in [-0.15, -0.1) is 12.4 Å². The molecule has 1 fully saturated rings. The third kappa shape index (κ3) is 3.35. The molecule has 3 nitrogen and oxygen atoms in total. The van der Waals surface area contributed by atoms with E-state index in [1.54, 1.807) is 7.11 Å². The van der Waals surface area contributed by atoms with Crippen molar-refractivity contribution in [3.8, 4) is 5.75 Å². The van der Waals surface area contributed by atoms with E-state index >= 15 is 0 Å². The second kappa shape index (κ2) is 6.84. The summed E-state index contributed by atoms with van der Waals surface area (Å²) in [6.45, 7) is 1.65. The van der Waals surface area contributed by atoms with E-state index in [0.717, 1.165) is 37.4 Å².